The van der Waals surface area contributed by atoms with Crippen molar-refractivity contribution in [3.05, 3.63) is 34.2 Å². The Hall–Kier alpha value is -0.720. The van der Waals surface area contributed by atoms with Gasteiger partial charge in [0.05, 0.1) is 5.39 Å². The minimum absolute atomic E-state index is 0.0859. The lowest BCUT2D eigenvalue weighted by atomic mass is 10.3. The Balaban J connectivity index is 3.04. The van der Waals surface area contributed by atoms with Crippen LogP contribution in [0.3, 0.4) is 0 Å². The molecule has 0 aliphatic heterocycles. The quantitative estimate of drug-likeness (QED) is 0.633. The number of hydrogen-bond donors (Lipinski definition) is 0. The standard InChI is InChI=1S/C7H4ClO2P/c8-11-7(9)5-3-1-2-4-6(5)10-11/h1-4H. The van der Waals surface area contributed by atoms with Crippen molar-refractivity contribution in [3.63, 3.8) is 0 Å². The van der Waals surface area contributed by atoms with E-state index in [1.165, 1.54) is 0 Å². The van der Waals surface area contributed by atoms with E-state index >= 15 is 0 Å². The molecular weight excluding hydrogens is 183 g/mol. The highest BCUT2D eigenvalue weighted by molar-refractivity contribution is 7.72. The molecule has 0 saturated heterocycles. The highest BCUT2D eigenvalue weighted by atomic mass is 35.7. The van der Waals surface area contributed by atoms with E-state index in [9.17, 15) is 4.79 Å². The minimum atomic E-state index is -1.42. The summed E-state index contributed by atoms with van der Waals surface area (Å²) in [5, 5.41) is 0.519. The number of para-hydroxylation sites is 1. The van der Waals surface area contributed by atoms with Crippen LogP contribution in [-0.4, -0.2) is 0 Å². The molecule has 0 radical (unpaired) electrons. The van der Waals surface area contributed by atoms with Gasteiger partial charge in [-0.3, -0.25) is 4.79 Å². The van der Waals surface area contributed by atoms with Gasteiger partial charge >= 0.3 is 0 Å². The van der Waals surface area contributed by atoms with Gasteiger partial charge in [-0.2, -0.15) is 0 Å². The maximum Gasteiger partial charge on any atom is 0.256 e. The molecule has 1 atom stereocenters. The predicted molar refractivity (Wildman–Crippen MR) is 46.4 cm³/mol. The molecule has 0 fully saturated rings. The summed E-state index contributed by atoms with van der Waals surface area (Å²) in [6.07, 6.45) is 0. The Kier molecular flexibility index (Phi) is 1.52. The number of benzene rings is 1. The predicted octanol–water partition coefficient (Wildman–Crippen LogP) is 2.78. The highest BCUT2D eigenvalue weighted by Gasteiger charge is 2.06. The molecule has 56 valence electrons. The van der Waals surface area contributed by atoms with Crippen LogP contribution in [0, 0.1) is 0 Å². The van der Waals surface area contributed by atoms with E-state index in [4.69, 9.17) is 15.4 Å². The number of fused-ring (bicyclic) bond motifs is 1. The SMILES string of the molecule is O=c1c2ccccc2op1Cl. The molecule has 0 saturated carbocycles. The summed E-state index contributed by atoms with van der Waals surface area (Å²) in [5.41, 5.74) is 0.610. The minimum Gasteiger partial charge on any atom is -0.430 e. The zero-order chi connectivity index (χ0) is 7.84. The second-order valence-corrected chi connectivity index (χ2v) is 4.14. The molecule has 2 aromatic rings. The zero-order valence-corrected chi connectivity index (χ0v) is 7.10. The van der Waals surface area contributed by atoms with Gasteiger partial charge in [-0.25, -0.2) is 0 Å². The third-order valence-corrected chi connectivity index (χ3v) is 3.04. The van der Waals surface area contributed by atoms with Crippen LogP contribution < -0.4 is 5.16 Å². The fraction of sp³-hybridized carbons (Fsp3) is 0. The lowest BCUT2D eigenvalue weighted by molar-refractivity contribution is 0.752. The molecule has 0 aliphatic carbocycles. The maximum atomic E-state index is 11.2. The Morgan fingerprint density at radius 2 is 2.09 bits per heavy atom. The van der Waals surface area contributed by atoms with Crippen LogP contribution in [0.5, 0.6) is 0 Å². The second-order valence-electron chi connectivity index (χ2n) is 2.14. The fourth-order valence-corrected chi connectivity index (χ4v) is 2.23. The molecule has 1 aromatic carbocycles. The first-order valence-electron chi connectivity index (χ1n) is 3.06. The smallest absolute Gasteiger partial charge is 0.256 e. The molecule has 0 aliphatic rings. The second kappa shape index (κ2) is 2.40. The lowest BCUT2D eigenvalue weighted by Gasteiger charge is -1.80. The summed E-state index contributed by atoms with van der Waals surface area (Å²) in [7, 11) is -1.42. The van der Waals surface area contributed by atoms with Gasteiger partial charge in [0.25, 0.3) is 5.16 Å². The van der Waals surface area contributed by atoms with Crippen LogP contribution in [0.25, 0.3) is 11.0 Å². The van der Waals surface area contributed by atoms with Crippen molar-refractivity contribution in [1.29, 1.82) is 0 Å². The van der Waals surface area contributed by atoms with Gasteiger partial charge in [-0.05, 0) is 23.4 Å². The van der Waals surface area contributed by atoms with Crippen LogP contribution in [0.2, 0.25) is 0 Å². The van der Waals surface area contributed by atoms with Crippen molar-refractivity contribution in [2.75, 3.05) is 0 Å². The average molecular weight is 187 g/mol. The Bertz CT molecular complexity index is 443. The van der Waals surface area contributed by atoms with Crippen LogP contribution in [0.15, 0.2) is 33.3 Å². The fourth-order valence-electron chi connectivity index (χ4n) is 0.945. The molecule has 0 spiro atoms. The summed E-state index contributed by atoms with van der Waals surface area (Å²) in [5.74, 6) is 0. The first kappa shape index (κ1) is 6.96. The number of hydrogen-bond acceptors (Lipinski definition) is 2. The Labute approximate surface area is 68.3 Å². The van der Waals surface area contributed by atoms with E-state index in [0.717, 1.165) is 0 Å². The first-order valence-corrected chi connectivity index (χ1v) is 5.23. The van der Waals surface area contributed by atoms with Gasteiger partial charge in [0.2, 0.25) is 0 Å². The van der Waals surface area contributed by atoms with Crippen molar-refractivity contribution in [2.24, 2.45) is 0 Å². The number of rotatable bonds is 0. The first-order chi connectivity index (χ1) is 5.29. The summed E-state index contributed by atoms with van der Waals surface area (Å²) in [6.45, 7) is 0. The number of halogens is 1. The molecule has 2 rings (SSSR count). The van der Waals surface area contributed by atoms with Crippen molar-refractivity contribution >= 4 is 29.3 Å². The van der Waals surface area contributed by atoms with E-state index < -0.39 is 7.13 Å². The molecule has 0 amide bonds. The van der Waals surface area contributed by atoms with Crippen LogP contribution in [0.4, 0.5) is 0 Å². The molecule has 2 nitrogen and oxygen atoms in total. The van der Waals surface area contributed by atoms with E-state index in [1.54, 1.807) is 18.2 Å². The topological polar surface area (TPSA) is 30.2 Å². The van der Waals surface area contributed by atoms with E-state index in [1.807, 2.05) is 6.07 Å². The van der Waals surface area contributed by atoms with Gasteiger partial charge in [0.1, 0.15) is 5.58 Å². The summed E-state index contributed by atoms with van der Waals surface area (Å²) in [4.78, 5) is 11.2. The summed E-state index contributed by atoms with van der Waals surface area (Å²) < 4.78 is 5.10. The van der Waals surface area contributed by atoms with Crippen molar-refractivity contribution < 1.29 is 4.20 Å². The Morgan fingerprint density at radius 3 is 2.82 bits per heavy atom. The Morgan fingerprint density at radius 1 is 1.36 bits per heavy atom. The van der Waals surface area contributed by atoms with Gasteiger partial charge < -0.3 is 4.20 Å². The average Bonchev–Trinajstić information content (AvgIpc) is 2.30. The molecule has 0 N–H and O–H groups in total. The third kappa shape index (κ3) is 0.991. The van der Waals surface area contributed by atoms with Crippen molar-refractivity contribution in [1.82, 2.24) is 0 Å². The van der Waals surface area contributed by atoms with Crippen LogP contribution in [-0.2, 0) is 0 Å². The molecule has 1 heterocycles. The summed E-state index contributed by atoms with van der Waals surface area (Å²) >= 11 is 5.62. The molecule has 11 heavy (non-hydrogen) atoms. The summed E-state index contributed by atoms with van der Waals surface area (Å²) in [6, 6.07) is 7.09. The van der Waals surface area contributed by atoms with Crippen molar-refractivity contribution in [3.8, 4) is 0 Å². The molecule has 1 unspecified atom stereocenters. The monoisotopic (exact) mass is 186 g/mol. The third-order valence-electron chi connectivity index (χ3n) is 1.46. The van der Waals surface area contributed by atoms with E-state index in [0.29, 0.717) is 11.0 Å². The van der Waals surface area contributed by atoms with Gasteiger partial charge in [0, 0.05) is 0 Å². The lowest BCUT2D eigenvalue weighted by Crippen LogP contribution is -1.86. The van der Waals surface area contributed by atoms with Gasteiger partial charge in [-0.15, -0.1) is 0 Å². The van der Waals surface area contributed by atoms with Crippen LogP contribution in [0.1, 0.15) is 0 Å². The highest BCUT2D eigenvalue weighted by Crippen LogP contribution is 2.31. The van der Waals surface area contributed by atoms with Crippen molar-refractivity contribution in [2.45, 2.75) is 0 Å². The zero-order valence-electron chi connectivity index (χ0n) is 5.45. The molecule has 1 aromatic heterocycles. The molecule has 0 bridgehead atoms. The van der Waals surface area contributed by atoms with Crippen LogP contribution >= 0.6 is 18.4 Å². The van der Waals surface area contributed by atoms with Gasteiger partial charge in [0.15, 0.2) is 7.13 Å². The maximum absolute atomic E-state index is 11.2. The molecule has 4 heteroatoms. The molecular formula is C7H4ClO2P. The normalized spacial score (nSPS) is 12.3. The van der Waals surface area contributed by atoms with E-state index in [-0.39, 0.29) is 5.16 Å². The largest absolute Gasteiger partial charge is 0.430 e. The van der Waals surface area contributed by atoms with E-state index in [2.05, 4.69) is 0 Å². The van der Waals surface area contributed by atoms with Gasteiger partial charge in [-0.1, -0.05) is 12.1 Å².